The van der Waals surface area contributed by atoms with Crippen LogP contribution in [0.25, 0.3) is 0 Å². The van der Waals surface area contributed by atoms with Gasteiger partial charge >= 0.3 is 0 Å². The van der Waals surface area contributed by atoms with Gasteiger partial charge < -0.3 is 10.0 Å². The summed E-state index contributed by atoms with van der Waals surface area (Å²) in [7, 11) is 0. The molecular formula is C14H15NO2. The van der Waals surface area contributed by atoms with Gasteiger partial charge in [-0.1, -0.05) is 30.4 Å². The molecule has 0 spiro atoms. The Hall–Kier alpha value is -1.61. The van der Waals surface area contributed by atoms with E-state index in [2.05, 4.69) is 0 Å². The quantitative estimate of drug-likeness (QED) is 0.620. The first kappa shape index (κ1) is 10.5. The molecule has 0 aromatic heterocycles. The fourth-order valence-electron chi connectivity index (χ4n) is 2.50. The molecule has 0 unspecified atom stereocenters. The molecule has 3 heteroatoms. The Bertz CT molecular complexity index is 513. The van der Waals surface area contributed by atoms with E-state index in [0.29, 0.717) is 0 Å². The van der Waals surface area contributed by atoms with E-state index in [4.69, 9.17) is 0 Å². The number of benzene rings is 1. The molecule has 1 heterocycles. The Morgan fingerprint density at radius 3 is 2.47 bits per heavy atom. The van der Waals surface area contributed by atoms with Crippen LogP contribution >= 0.6 is 0 Å². The molecule has 2 atom stereocenters. The summed E-state index contributed by atoms with van der Waals surface area (Å²) in [5, 5.41) is 10.1. The van der Waals surface area contributed by atoms with Gasteiger partial charge in [0.25, 0.3) is 0 Å². The largest absolute Gasteiger partial charge is 0.386 e. The highest BCUT2D eigenvalue weighted by atomic mass is 16.3. The Labute approximate surface area is 100 Å². The number of β-lactam (4-membered cyclic amide) rings is 1. The van der Waals surface area contributed by atoms with Crippen molar-refractivity contribution in [2.75, 3.05) is 4.90 Å². The minimum atomic E-state index is -0.935. The first-order valence-corrected chi connectivity index (χ1v) is 5.83. The normalized spacial score (nSPS) is 26.3. The van der Waals surface area contributed by atoms with Crippen molar-refractivity contribution < 1.29 is 9.90 Å². The summed E-state index contributed by atoms with van der Waals surface area (Å²) in [6, 6.07) is 7.75. The summed E-state index contributed by atoms with van der Waals surface area (Å²) >= 11 is 0. The van der Waals surface area contributed by atoms with Crippen molar-refractivity contribution in [2.24, 2.45) is 5.92 Å². The van der Waals surface area contributed by atoms with E-state index < -0.39 is 5.60 Å². The highest BCUT2D eigenvalue weighted by molar-refractivity contribution is 6.07. The highest BCUT2D eigenvalue weighted by Gasteiger charge is 2.50. The first-order valence-electron chi connectivity index (χ1n) is 5.83. The van der Waals surface area contributed by atoms with Crippen LogP contribution in [0.3, 0.4) is 0 Å². The van der Waals surface area contributed by atoms with E-state index in [1.165, 1.54) is 0 Å². The molecule has 3 nitrogen and oxygen atoms in total. The summed E-state index contributed by atoms with van der Waals surface area (Å²) < 4.78 is 0. The highest BCUT2D eigenvalue weighted by Crippen LogP contribution is 2.43. The lowest BCUT2D eigenvalue weighted by Gasteiger charge is -2.50. The van der Waals surface area contributed by atoms with Gasteiger partial charge in [-0.3, -0.25) is 4.79 Å². The number of aliphatic hydroxyl groups is 1. The van der Waals surface area contributed by atoms with Crippen molar-refractivity contribution in [2.45, 2.75) is 25.5 Å². The van der Waals surface area contributed by atoms with Gasteiger partial charge in [-0.2, -0.15) is 0 Å². The minimum Gasteiger partial charge on any atom is -0.386 e. The predicted octanol–water partition coefficient (Wildman–Crippen LogP) is 1.82. The van der Waals surface area contributed by atoms with Gasteiger partial charge in [0, 0.05) is 5.56 Å². The van der Waals surface area contributed by atoms with Gasteiger partial charge in [-0.25, -0.2) is 0 Å². The molecule has 1 N–H and O–H groups in total. The Morgan fingerprint density at radius 2 is 1.94 bits per heavy atom. The molecule has 2 aliphatic rings. The van der Waals surface area contributed by atoms with Crippen LogP contribution in [-0.2, 0) is 10.4 Å². The summed E-state index contributed by atoms with van der Waals surface area (Å²) in [5.74, 6) is 0.207. The average Bonchev–Trinajstić information content (AvgIpc) is 2.23. The number of fused-ring (bicyclic) bond motifs is 1. The molecule has 0 bridgehead atoms. The third-order valence-corrected chi connectivity index (χ3v) is 3.53. The van der Waals surface area contributed by atoms with Crippen LogP contribution in [0.2, 0.25) is 0 Å². The van der Waals surface area contributed by atoms with Gasteiger partial charge in [0.1, 0.15) is 0 Å². The summed E-state index contributed by atoms with van der Waals surface area (Å²) in [6.45, 7) is 3.48. The van der Waals surface area contributed by atoms with Crippen LogP contribution in [0.5, 0.6) is 0 Å². The smallest absolute Gasteiger partial charge is 0.236 e. The molecule has 1 aliphatic heterocycles. The average molecular weight is 229 g/mol. The molecule has 88 valence electrons. The standard InChI is InChI=1S/C14H15NO2/c1-14(2,17)10-5-3-4-6-12(10)15-11-8-7-9(11)13(15)16/h3-9,11,17H,1-2H3/t9-,11+/m1/s1. The maximum absolute atomic E-state index is 11.9. The monoisotopic (exact) mass is 229 g/mol. The fraction of sp³-hybridized carbons (Fsp3) is 0.357. The van der Waals surface area contributed by atoms with Crippen LogP contribution in [0, 0.1) is 5.92 Å². The Morgan fingerprint density at radius 1 is 1.24 bits per heavy atom. The van der Waals surface area contributed by atoms with E-state index in [-0.39, 0.29) is 17.9 Å². The zero-order valence-electron chi connectivity index (χ0n) is 9.92. The van der Waals surface area contributed by atoms with Gasteiger partial charge in [0.2, 0.25) is 5.91 Å². The lowest BCUT2D eigenvalue weighted by atomic mass is 9.77. The van der Waals surface area contributed by atoms with Crippen molar-refractivity contribution in [1.82, 2.24) is 0 Å². The summed E-state index contributed by atoms with van der Waals surface area (Å²) in [6.07, 6.45) is 3.98. The first-order chi connectivity index (χ1) is 8.00. The van der Waals surface area contributed by atoms with Crippen molar-refractivity contribution in [1.29, 1.82) is 0 Å². The van der Waals surface area contributed by atoms with Crippen molar-refractivity contribution >= 4 is 11.6 Å². The van der Waals surface area contributed by atoms with Gasteiger partial charge in [0.15, 0.2) is 0 Å². The SMILES string of the molecule is CC(C)(O)c1ccccc1N1C(=O)[C@@H]2C=C[C@@H]21. The van der Waals surface area contributed by atoms with E-state index in [9.17, 15) is 9.90 Å². The maximum atomic E-state index is 11.9. The zero-order valence-corrected chi connectivity index (χ0v) is 9.92. The Balaban J connectivity index is 2.04. The number of para-hydroxylation sites is 1. The van der Waals surface area contributed by atoms with Crippen molar-refractivity contribution in [3.05, 3.63) is 42.0 Å². The molecule has 1 aromatic carbocycles. The second-order valence-corrected chi connectivity index (χ2v) is 5.19. The van der Waals surface area contributed by atoms with E-state index >= 15 is 0 Å². The molecule has 1 amide bonds. The van der Waals surface area contributed by atoms with Crippen molar-refractivity contribution in [3.63, 3.8) is 0 Å². The van der Waals surface area contributed by atoms with E-state index in [1.54, 1.807) is 18.7 Å². The predicted molar refractivity (Wildman–Crippen MR) is 65.6 cm³/mol. The molecule has 3 rings (SSSR count). The van der Waals surface area contributed by atoms with Gasteiger partial charge in [-0.05, 0) is 19.9 Å². The number of carbonyl (C=O) groups is 1. The molecular weight excluding hydrogens is 214 g/mol. The van der Waals surface area contributed by atoms with E-state index in [0.717, 1.165) is 11.3 Å². The number of anilines is 1. The number of nitrogens with zero attached hydrogens (tertiary/aromatic N) is 1. The van der Waals surface area contributed by atoms with Crippen molar-refractivity contribution in [3.8, 4) is 0 Å². The molecule has 0 saturated carbocycles. The topological polar surface area (TPSA) is 40.5 Å². The fourth-order valence-corrected chi connectivity index (χ4v) is 2.50. The zero-order chi connectivity index (χ0) is 12.2. The maximum Gasteiger partial charge on any atom is 0.236 e. The van der Waals surface area contributed by atoms with Crippen LogP contribution in [0.4, 0.5) is 5.69 Å². The molecule has 17 heavy (non-hydrogen) atoms. The molecule has 1 fully saturated rings. The number of hydrogen-bond donors (Lipinski definition) is 1. The minimum absolute atomic E-state index is 0.0739. The van der Waals surface area contributed by atoms with Gasteiger partial charge in [0.05, 0.1) is 23.2 Å². The second-order valence-electron chi connectivity index (χ2n) is 5.19. The third-order valence-electron chi connectivity index (χ3n) is 3.53. The van der Waals surface area contributed by atoms with Crippen LogP contribution in [-0.4, -0.2) is 17.1 Å². The molecule has 1 saturated heterocycles. The number of amides is 1. The summed E-state index contributed by atoms with van der Waals surface area (Å²) in [5.41, 5.74) is 0.692. The lowest BCUT2D eigenvalue weighted by Crippen LogP contribution is -2.63. The Kier molecular flexibility index (Phi) is 1.98. The number of rotatable bonds is 2. The summed E-state index contributed by atoms with van der Waals surface area (Å²) in [4.78, 5) is 13.7. The lowest BCUT2D eigenvalue weighted by molar-refractivity contribution is -0.128. The van der Waals surface area contributed by atoms with Crippen LogP contribution in [0.1, 0.15) is 19.4 Å². The number of hydrogen-bond acceptors (Lipinski definition) is 2. The van der Waals surface area contributed by atoms with E-state index in [1.807, 2.05) is 36.4 Å². The van der Waals surface area contributed by atoms with Crippen LogP contribution < -0.4 is 4.90 Å². The molecule has 1 aliphatic carbocycles. The van der Waals surface area contributed by atoms with Gasteiger partial charge in [-0.15, -0.1) is 0 Å². The molecule has 0 radical (unpaired) electrons. The molecule has 1 aromatic rings. The number of carbonyl (C=O) groups excluding carboxylic acids is 1. The third kappa shape index (κ3) is 1.35. The second kappa shape index (κ2) is 3.20. The van der Waals surface area contributed by atoms with Crippen LogP contribution in [0.15, 0.2) is 36.4 Å².